The second kappa shape index (κ2) is 6.16. The molecule has 4 heteroatoms. The van der Waals surface area contributed by atoms with Gasteiger partial charge < -0.3 is 10.2 Å². The highest BCUT2D eigenvalue weighted by Gasteiger charge is 2.21. The largest absolute Gasteiger partial charge is 0.393 e. The normalized spacial score (nSPS) is 20.4. The fourth-order valence-corrected chi connectivity index (χ4v) is 1.40. The fraction of sp³-hybridized carbons (Fsp3) is 0.667. The third kappa shape index (κ3) is 3.93. The first-order valence-electron chi connectivity index (χ1n) is 5.55. The summed E-state index contributed by atoms with van der Waals surface area (Å²) in [6.45, 7) is 6.23. The van der Waals surface area contributed by atoms with Gasteiger partial charge in [0.15, 0.2) is 0 Å². The van der Waals surface area contributed by atoms with Crippen LogP contribution < -0.4 is 5.32 Å². The minimum Gasteiger partial charge on any atom is -0.393 e. The van der Waals surface area contributed by atoms with E-state index in [2.05, 4.69) is 22.3 Å². The molecule has 4 nitrogen and oxygen atoms in total. The number of rotatable bonds is 4. The van der Waals surface area contributed by atoms with Gasteiger partial charge in [0.25, 0.3) is 0 Å². The Bertz CT molecular complexity index is 337. The molecule has 1 saturated heterocycles. The number of nitrogens with one attached hydrogen (secondary N) is 1. The maximum atomic E-state index is 10.9. The van der Waals surface area contributed by atoms with E-state index in [1.807, 2.05) is 13.8 Å². The molecule has 0 saturated carbocycles. The number of oxime groups is 1. The molecule has 0 aromatic heterocycles. The Kier molecular flexibility index (Phi) is 4.84. The van der Waals surface area contributed by atoms with Crippen LogP contribution in [-0.4, -0.2) is 24.3 Å². The highest BCUT2D eigenvalue weighted by Crippen LogP contribution is 2.07. The van der Waals surface area contributed by atoms with Crippen molar-refractivity contribution in [2.75, 3.05) is 6.61 Å². The van der Waals surface area contributed by atoms with E-state index in [0.717, 1.165) is 12.1 Å². The molecule has 1 fully saturated rings. The van der Waals surface area contributed by atoms with Gasteiger partial charge in [-0.05, 0) is 19.3 Å². The van der Waals surface area contributed by atoms with Crippen molar-refractivity contribution in [3.8, 4) is 11.8 Å². The van der Waals surface area contributed by atoms with Gasteiger partial charge >= 0.3 is 0 Å². The molecular formula is C12H18N2O2. The van der Waals surface area contributed by atoms with E-state index in [1.165, 1.54) is 0 Å². The number of nitrogens with zero attached hydrogens (tertiary/aromatic N) is 1. The zero-order valence-electron chi connectivity index (χ0n) is 10.0. The van der Waals surface area contributed by atoms with Crippen molar-refractivity contribution < 1.29 is 9.63 Å². The second-order valence-electron chi connectivity index (χ2n) is 4.11. The molecule has 1 heterocycles. The van der Waals surface area contributed by atoms with E-state index in [4.69, 9.17) is 4.84 Å². The average Bonchev–Trinajstić information content (AvgIpc) is 2.63. The van der Waals surface area contributed by atoms with Crippen LogP contribution in [-0.2, 0) is 9.63 Å². The minimum absolute atomic E-state index is 0.0926. The van der Waals surface area contributed by atoms with Crippen LogP contribution in [0.3, 0.4) is 0 Å². The van der Waals surface area contributed by atoms with Crippen LogP contribution >= 0.6 is 0 Å². The number of hydrogen-bond acceptors (Lipinski definition) is 3. The average molecular weight is 222 g/mol. The third-order valence-corrected chi connectivity index (χ3v) is 2.32. The van der Waals surface area contributed by atoms with Crippen molar-refractivity contribution in [2.45, 2.75) is 39.7 Å². The molecule has 0 aromatic carbocycles. The molecule has 0 unspecified atom stereocenters. The Labute approximate surface area is 96.4 Å². The van der Waals surface area contributed by atoms with Crippen LogP contribution in [0.15, 0.2) is 5.16 Å². The Morgan fingerprint density at radius 1 is 1.69 bits per heavy atom. The standard InChI is InChI=1S/C12H18N2O2/c1-4-5-11(9(2)3)14-16-8-10-6-7-12(15)13-10/h9-10H,6-8H2,1-3H3,(H,13,15)/b14-11+/t10-/m1/s1. The molecule has 1 aliphatic heterocycles. The highest BCUT2D eigenvalue weighted by atomic mass is 16.6. The van der Waals surface area contributed by atoms with E-state index in [0.29, 0.717) is 13.0 Å². The van der Waals surface area contributed by atoms with Gasteiger partial charge in [-0.25, -0.2) is 0 Å². The lowest BCUT2D eigenvalue weighted by atomic mass is 10.1. The molecule has 0 aromatic rings. The van der Waals surface area contributed by atoms with Gasteiger partial charge in [0.05, 0.1) is 6.04 Å². The summed E-state index contributed by atoms with van der Waals surface area (Å²) < 4.78 is 0. The Morgan fingerprint density at radius 2 is 2.44 bits per heavy atom. The lowest BCUT2D eigenvalue weighted by Crippen LogP contribution is -2.29. The first-order valence-corrected chi connectivity index (χ1v) is 5.55. The van der Waals surface area contributed by atoms with E-state index in [1.54, 1.807) is 6.92 Å². The first kappa shape index (κ1) is 12.6. The van der Waals surface area contributed by atoms with Crippen LogP contribution in [0.25, 0.3) is 0 Å². The number of hydrogen-bond donors (Lipinski definition) is 1. The topological polar surface area (TPSA) is 50.7 Å². The van der Waals surface area contributed by atoms with Crippen LogP contribution in [0.1, 0.15) is 33.6 Å². The molecule has 1 atom stereocenters. The molecule has 1 aliphatic rings. The Morgan fingerprint density at radius 3 is 2.94 bits per heavy atom. The monoisotopic (exact) mass is 222 g/mol. The van der Waals surface area contributed by atoms with Crippen molar-refractivity contribution in [3.63, 3.8) is 0 Å². The predicted molar refractivity (Wildman–Crippen MR) is 62.8 cm³/mol. The maximum absolute atomic E-state index is 10.9. The van der Waals surface area contributed by atoms with Gasteiger partial charge in [-0.15, -0.1) is 0 Å². The van der Waals surface area contributed by atoms with Crippen LogP contribution in [0.2, 0.25) is 0 Å². The van der Waals surface area contributed by atoms with Crippen molar-refractivity contribution in [1.82, 2.24) is 5.32 Å². The van der Waals surface area contributed by atoms with Gasteiger partial charge in [-0.3, -0.25) is 4.79 Å². The summed E-state index contributed by atoms with van der Waals surface area (Å²) in [5.74, 6) is 6.06. The molecule has 1 N–H and O–H groups in total. The molecule has 0 radical (unpaired) electrons. The third-order valence-electron chi connectivity index (χ3n) is 2.32. The summed E-state index contributed by atoms with van der Waals surface area (Å²) in [5, 5.41) is 6.81. The van der Waals surface area contributed by atoms with Crippen LogP contribution in [0, 0.1) is 17.8 Å². The zero-order chi connectivity index (χ0) is 12.0. The lowest BCUT2D eigenvalue weighted by Gasteiger charge is -2.08. The number of carbonyl (C=O) groups is 1. The van der Waals surface area contributed by atoms with E-state index < -0.39 is 0 Å². The first-order chi connectivity index (χ1) is 7.63. The van der Waals surface area contributed by atoms with Gasteiger partial charge in [-0.2, -0.15) is 0 Å². The van der Waals surface area contributed by atoms with Crippen LogP contribution in [0.5, 0.6) is 0 Å². The fourth-order valence-electron chi connectivity index (χ4n) is 1.40. The van der Waals surface area contributed by atoms with E-state index >= 15 is 0 Å². The van der Waals surface area contributed by atoms with Crippen molar-refractivity contribution in [1.29, 1.82) is 0 Å². The summed E-state index contributed by atoms with van der Waals surface area (Å²) >= 11 is 0. The Hall–Kier alpha value is -1.50. The molecule has 88 valence electrons. The summed E-state index contributed by atoms with van der Waals surface area (Å²) in [5.41, 5.74) is 0.742. The summed E-state index contributed by atoms with van der Waals surface area (Å²) in [7, 11) is 0. The van der Waals surface area contributed by atoms with Gasteiger partial charge in [0, 0.05) is 12.3 Å². The predicted octanol–water partition coefficient (Wildman–Crippen LogP) is 1.32. The minimum atomic E-state index is 0.0926. The van der Waals surface area contributed by atoms with Crippen LogP contribution in [0.4, 0.5) is 0 Å². The van der Waals surface area contributed by atoms with E-state index in [-0.39, 0.29) is 17.9 Å². The lowest BCUT2D eigenvalue weighted by molar-refractivity contribution is -0.119. The molecule has 1 rings (SSSR count). The van der Waals surface area contributed by atoms with Gasteiger partial charge in [-0.1, -0.05) is 24.9 Å². The molecule has 1 amide bonds. The zero-order valence-corrected chi connectivity index (χ0v) is 10.0. The van der Waals surface area contributed by atoms with Crippen molar-refractivity contribution in [3.05, 3.63) is 0 Å². The molecule has 16 heavy (non-hydrogen) atoms. The quantitative estimate of drug-likeness (QED) is 0.443. The van der Waals surface area contributed by atoms with E-state index in [9.17, 15) is 4.79 Å². The molecular weight excluding hydrogens is 204 g/mol. The SMILES string of the molecule is CC#C/C(=N\OC[C@H]1CCC(=O)N1)C(C)C. The number of amides is 1. The second-order valence-corrected chi connectivity index (χ2v) is 4.11. The highest BCUT2D eigenvalue weighted by molar-refractivity contribution is 6.01. The molecule has 0 aliphatic carbocycles. The molecule has 0 bridgehead atoms. The van der Waals surface area contributed by atoms with Crippen molar-refractivity contribution in [2.24, 2.45) is 11.1 Å². The van der Waals surface area contributed by atoms with Crippen molar-refractivity contribution >= 4 is 11.6 Å². The molecule has 0 spiro atoms. The maximum Gasteiger partial charge on any atom is 0.220 e. The summed E-state index contributed by atoms with van der Waals surface area (Å²) in [6, 6.07) is 0.0965. The number of carbonyl (C=O) groups excluding carboxylic acids is 1. The smallest absolute Gasteiger partial charge is 0.220 e. The van der Waals surface area contributed by atoms with Gasteiger partial charge in [0.1, 0.15) is 12.3 Å². The van der Waals surface area contributed by atoms with Gasteiger partial charge in [0.2, 0.25) is 5.91 Å². The Balaban J connectivity index is 2.38. The summed E-state index contributed by atoms with van der Waals surface area (Å²) in [4.78, 5) is 16.1. The summed E-state index contributed by atoms with van der Waals surface area (Å²) in [6.07, 6.45) is 1.41.